The molecule has 0 aliphatic carbocycles. The van der Waals surface area contributed by atoms with E-state index in [-0.39, 0.29) is 0 Å². The van der Waals surface area contributed by atoms with Crippen LogP contribution in [-0.4, -0.2) is 6.21 Å². The standard InChI is InChI=1S/C15H14ClNO/c1-12-5-7-13(8-6-12)11-18-17-10-14-3-2-4-15(16)9-14/h2-10H,11H2,1H3. The Labute approximate surface area is 112 Å². The zero-order valence-corrected chi connectivity index (χ0v) is 10.9. The quantitative estimate of drug-likeness (QED) is 0.596. The maximum absolute atomic E-state index is 5.87. The molecule has 0 saturated carbocycles. The van der Waals surface area contributed by atoms with Gasteiger partial charge >= 0.3 is 0 Å². The molecule has 0 amide bonds. The number of rotatable bonds is 4. The van der Waals surface area contributed by atoms with Gasteiger partial charge in [0.2, 0.25) is 0 Å². The van der Waals surface area contributed by atoms with Gasteiger partial charge in [0.15, 0.2) is 0 Å². The minimum atomic E-state index is 0.470. The largest absolute Gasteiger partial charge is 0.391 e. The van der Waals surface area contributed by atoms with Gasteiger partial charge in [-0.2, -0.15) is 0 Å². The molecule has 0 aliphatic rings. The summed E-state index contributed by atoms with van der Waals surface area (Å²) in [7, 11) is 0. The highest BCUT2D eigenvalue weighted by Crippen LogP contribution is 2.09. The Morgan fingerprint density at radius 1 is 1.17 bits per heavy atom. The number of hydrogen-bond acceptors (Lipinski definition) is 2. The SMILES string of the molecule is Cc1ccc(CON=Cc2cccc(Cl)c2)cc1. The third-order valence-corrected chi connectivity index (χ3v) is 2.71. The van der Waals surface area contributed by atoms with E-state index >= 15 is 0 Å². The van der Waals surface area contributed by atoms with Gasteiger partial charge in [-0.1, -0.05) is 58.7 Å². The summed E-state index contributed by atoms with van der Waals surface area (Å²) >= 11 is 5.87. The first kappa shape index (κ1) is 12.7. The molecule has 3 heteroatoms. The van der Waals surface area contributed by atoms with Gasteiger partial charge in [-0.3, -0.25) is 0 Å². The second-order valence-corrected chi connectivity index (χ2v) is 4.48. The summed E-state index contributed by atoms with van der Waals surface area (Å²) in [6.45, 7) is 2.53. The van der Waals surface area contributed by atoms with Crippen molar-refractivity contribution in [2.45, 2.75) is 13.5 Å². The summed E-state index contributed by atoms with van der Waals surface area (Å²) in [5, 5.41) is 4.61. The smallest absolute Gasteiger partial charge is 0.142 e. The summed E-state index contributed by atoms with van der Waals surface area (Å²) < 4.78 is 0. The Bertz CT molecular complexity index is 534. The Morgan fingerprint density at radius 2 is 1.94 bits per heavy atom. The van der Waals surface area contributed by atoms with Crippen molar-refractivity contribution in [2.24, 2.45) is 5.16 Å². The van der Waals surface area contributed by atoms with E-state index in [0.29, 0.717) is 11.6 Å². The fourth-order valence-corrected chi connectivity index (χ4v) is 1.68. The Kier molecular flexibility index (Phi) is 4.37. The van der Waals surface area contributed by atoms with Crippen LogP contribution >= 0.6 is 11.6 Å². The van der Waals surface area contributed by atoms with E-state index in [4.69, 9.17) is 16.4 Å². The first-order chi connectivity index (χ1) is 8.74. The molecular formula is C15H14ClNO. The summed E-state index contributed by atoms with van der Waals surface area (Å²) in [6, 6.07) is 15.6. The topological polar surface area (TPSA) is 21.6 Å². The highest BCUT2D eigenvalue weighted by atomic mass is 35.5. The van der Waals surface area contributed by atoms with Crippen molar-refractivity contribution < 1.29 is 4.84 Å². The maximum Gasteiger partial charge on any atom is 0.142 e. The van der Waals surface area contributed by atoms with Gasteiger partial charge in [0.1, 0.15) is 6.61 Å². The number of aryl methyl sites for hydroxylation is 1. The molecule has 0 unspecified atom stereocenters. The van der Waals surface area contributed by atoms with Gasteiger partial charge in [0, 0.05) is 5.02 Å². The van der Waals surface area contributed by atoms with Crippen molar-refractivity contribution in [3.63, 3.8) is 0 Å². The molecule has 0 N–H and O–H groups in total. The van der Waals surface area contributed by atoms with Gasteiger partial charge in [-0.05, 0) is 30.2 Å². The fourth-order valence-electron chi connectivity index (χ4n) is 1.48. The second kappa shape index (κ2) is 6.22. The van der Waals surface area contributed by atoms with Crippen molar-refractivity contribution in [1.82, 2.24) is 0 Å². The fraction of sp³-hybridized carbons (Fsp3) is 0.133. The lowest BCUT2D eigenvalue weighted by Crippen LogP contribution is -1.88. The van der Waals surface area contributed by atoms with Crippen molar-refractivity contribution >= 4 is 17.8 Å². The number of halogens is 1. The Morgan fingerprint density at radius 3 is 2.67 bits per heavy atom. The summed E-state index contributed by atoms with van der Waals surface area (Å²) in [4.78, 5) is 5.23. The summed E-state index contributed by atoms with van der Waals surface area (Å²) in [5.74, 6) is 0. The zero-order valence-electron chi connectivity index (χ0n) is 10.1. The lowest BCUT2D eigenvalue weighted by Gasteiger charge is -2.00. The van der Waals surface area contributed by atoms with Gasteiger partial charge in [-0.25, -0.2) is 0 Å². The third kappa shape index (κ3) is 3.90. The minimum absolute atomic E-state index is 0.470. The lowest BCUT2D eigenvalue weighted by molar-refractivity contribution is 0.132. The molecule has 0 spiro atoms. The molecule has 0 aliphatic heterocycles. The molecule has 0 atom stereocenters. The van der Waals surface area contributed by atoms with Crippen molar-refractivity contribution in [3.05, 3.63) is 70.2 Å². The molecule has 0 fully saturated rings. The van der Waals surface area contributed by atoms with Crippen LogP contribution in [0.5, 0.6) is 0 Å². The summed E-state index contributed by atoms with van der Waals surface area (Å²) in [5.41, 5.74) is 3.26. The molecular weight excluding hydrogens is 246 g/mol. The molecule has 2 nitrogen and oxygen atoms in total. The Hall–Kier alpha value is -1.80. The molecule has 2 aromatic carbocycles. The predicted octanol–water partition coefficient (Wildman–Crippen LogP) is 4.20. The second-order valence-electron chi connectivity index (χ2n) is 4.05. The summed E-state index contributed by atoms with van der Waals surface area (Å²) in [6.07, 6.45) is 1.65. The maximum atomic E-state index is 5.87. The molecule has 2 rings (SSSR count). The first-order valence-electron chi connectivity index (χ1n) is 5.70. The van der Waals surface area contributed by atoms with Crippen LogP contribution in [0.15, 0.2) is 53.7 Å². The molecule has 0 radical (unpaired) electrons. The van der Waals surface area contributed by atoms with Crippen molar-refractivity contribution in [2.75, 3.05) is 0 Å². The highest BCUT2D eigenvalue weighted by molar-refractivity contribution is 6.30. The number of oxime groups is 1. The molecule has 18 heavy (non-hydrogen) atoms. The molecule has 0 aromatic heterocycles. The molecule has 0 bridgehead atoms. The van der Waals surface area contributed by atoms with Crippen LogP contribution in [0.4, 0.5) is 0 Å². The van der Waals surface area contributed by atoms with Gasteiger partial charge < -0.3 is 4.84 Å². The lowest BCUT2D eigenvalue weighted by atomic mass is 10.2. The van der Waals surface area contributed by atoms with Crippen LogP contribution in [0.3, 0.4) is 0 Å². The van der Waals surface area contributed by atoms with E-state index < -0.39 is 0 Å². The molecule has 0 heterocycles. The van der Waals surface area contributed by atoms with Crippen LogP contribution in [0.1, 0.15) is 16.7 Å². The molecule has 0 saturated heterocycles. The van der Waals surface area contributed by atoms with E-state index in [2.05, 4.69) is 24.2 Å². The van der Waals surface area contributed by atoms with Crippen LogP contribution in [-0.2, 0) is 11.4 Å². The Balaban J connectivity index is 1.87. The van der Waals surface area contributed by atoms with E-state index in [0.717, 1.165) is 11.1 Å². The molecule has 2 aromatic rings. The average Bonchev–Trinajstić information content (AvgIpc) is 2.37. The average molecular weight is 260 g/mol. The minimum Gasteiger partial charge on any atom is -0.391 e. The van der Waals surface area contributed by atoms with Crippen LogP contribution in [0.2, 0.25) is 5.02 Å². The van der Waals surface area contributed by atoms with Crippen molar-refractivity contribution in [1.29, 1.82) is 0 Å². The predicted molar refractivity (Wildman–Crippen MR) is 75.0 cm³/mol. The van der Waals surface area contributed by atoms with Crippen LogP contribution in [0.25, 0.3) is 0 Å². The number of nitrogens with zero attached hydrogens (tertiary/aromatic N) is 1. The number of hydrogen-bond donors (Lipinski definition) is 0. The highest BCUT2D eigenvalue weighted by Gasteiger charge is 1.92. The van der Waals surface area contributed by atoms with E-state index in [1.165, 1.54) is 5.56 Å². The zero-order chi connectivity index (χ0) is 12.8. The third-order valence-electron chi connectivity index (χ3n) is 2.48. The van der Waals surface area contributed by atoms with Gasteiger partial charge in [0.05, 0.1) is 6.21 Å². The normalized spacial score (nSPS) is 10.8. The monoisotopic (exact) mass is 259 g/mol. The van der Waals surface area contributed by atoms with E-state index in [1.54, 1.807) is 6.21 Å². The molecule has 92 valence electrons. The van der Waals surface area contributed by atoms with Crippen LogP contribution < -0.4 is 0 Å². The first-order valence-corrected chi connectivity index (χ1v) is 6.08. The van der Waals surface area contributed by atoms with E-state index in [9.17, 15) is 0 Å². The number of benzene rings is 2. The van der Waals surface area contributed by atoms with Crippen LogP contribution in [0, 0.1) is 6.92 Å². The van der Waals surface area contributed by atoms with Gasteiger partial charge in [-0.15, -0.1) is 0 Å². The van der Waals surface area contributed by atoms with E-state index in [1.807, 2.05) is 36.4 Å². The van der Waals surface area contributed by atoms with Gasteiger partial charge in [0.25, 0.3) is 0 Å². The van der Waals surface area contributed by atoms with Crippen molar-refractivity contribution in [3.8, 4) is 0 Å².